The van der Waals surface area contributed by atoms with Crippen LogP contribution in [-0.2, 0) is 9.53 Å². The number of nitrogens with zero attached hydrogens (tertiary/aromatic N) is 1. The molecule has 0 saturated heterocycles. The Kier molecular flexibility index (Phi) is 6.11. The third-order valence-electron chi connectivity index (χ3n) is 2.32. The van der Waals surface area contributed by atoms with Crippen molar-refractivity contribution in [1.29, 1.82) is 0 Å². The predicted molar refractivity (Wildman–Crippen MR) is 73.7 cm³/mol. The molecule has 1 aromatic carbocycles. The van der Waals surface area contributed by atoms with Crippen molar-refractivity contribution in [2.45, 2.75) is 13.3 Å². The Bertz CT molecular complexity index is 477. The molecule has 0 aliphatic rings. The third kappa shape index (κ3) is 4.76. The van der Waals surface area contributed by atoms with Crippen molar-refractivity contribution in [3.63, 3.8) is 0 Å². The summed E-state index contributed by atoms with van der Waals surface area (Å²) in [6.45, 7) is 2.77. The van der Waals surface area contributed by atoms with E-state index in [0.717, 1.165) is 0 Å². The number of hydrogen-bond donors (Lipinski definition) is 3. The minimum atomic E-state index is -0.216. The van der Waals surface area contributed by atoms with E-state index in [1.165, 1.54) is 6.07 Å². The Morgan fingerprint density at radius 1 is 1.58 bits per heavy atom. The van der Waals surface area contributed by atoms with Crippen molar-refractivity contribution in [3.05, 3.63) is 28.8 Å². The van der Waals surface area contributed by atoms with Crippen LogP contribution in [0.3, 0.4) is 0 Å². The van der Waals surface area contributed by atoms with Crippen LogP contribution in [0.4, 0.5) is 5.69 Å². The van der Waals surface area contributed by atoms with Gasteiger partial charge in [0.05, 0.1) is 23.7 Å². The summed E-state index contributed by atoms with van der Waals surface area (Å²) in [7, 11) is 0. The predicted octanol–water partition coefficient (Wildman–Crippen LogP) is 1.80. The van der Waals surface area contributed by atoms with Gasteiger partial charge in [-0.25, -0.2) is 0 Å². The summed E-state index contributed by atoms with van der Waals surface area (Å²) in [4.78, 5) is 11.6. The summed E-state index contributed by atoms with van der Waals surface area (Å²) in [5.74, 6) is -0.270. The maximum Gasteiger partial charge on any atom is 0.226 e. The summed E-state index contributed by atoms with van der Waals surface area (Å²) < 4.78 is 5.09. The van der Waals surface area contributed by atoms with Gasteiger partial charge in [-0.2, -0.15) is 0 Å². The van der Waals surface area contributed by atoms with E-state index in [1.807, 2.05) is 6.92 Å². The van der Waals surface area contributed by atoms with Gasteiger partial charge in [0.1, 0.15) is 0 Å². The van der Waals surface area contributed by atoms with Crippen molar-refractivity contribution < 1.29 is 14.7 Å². The number of amides is 1. The minimum absolute atomic E-state index is 0.0542. The highest BCUT2D eigenvalue weighted by molar-refractivity contribution is 6.33. The van der Waals surface area contributed by atoms with E-state index in [0.29, 0.717) is 29.5 Å². The molecule has 19 heavy (non-hydrogen) atoms. The molecule has 0 bridgehead atoms. The van der Waals surface area contributed by atoms with Gasteiger partial charge in [-0.1, -0.05) is 16.8 Å². The van der Waals surface area contributed by atoms with Gasteiger partial charge in [0.2, 0.25) is 5.91 Å². The number of carbonyl (C=O) groups is 1. The summed E-state index contributed by atoms with van der Waals surface area (Å²) in [5.41, 5.74) is 6.34. The number of carbonyl (C=O) groups excluding carboxylic acids is 1. The number of rotatable bonds is 6. The Labute approximate surface area is 116 Å². The number of halogens is 1. The molecular weight excluding hydrogens is 270 g/mol. The lowest BCUT2D eigenvalue weighted by molar-refractivity contribution is -0.117. The fourth-order valence-electron chi connectivity index (χ4n) is 1.36. The van der Waals surface area contributed by atoms with Crippen molar-refractivity contribution in [2.75, 3.05) is 18.5 Å². The highest BCUT2D eigenvalue weighted by Crippen LogP contribution is 2.23. The van der Waals surface area contributed by atoms with Gasteiger partial charge in [-0.15, -0.1) is 0 Å². The van der Waals surface area contributed by atoms with Gasteiger partial charge >= 0.3 is 0 Å². The van der Waals surface area contributed by atoms with Crippen molar-refractivity contribution in [3.8, 4) is 0 Å². The fraction of sp³-hybridized carbons (Fsp3) is 0.333. The number of anilines is 1. The Hall–Kier alpha value is -1.79. The Morgan fingerprint density at radius 3 is 2.95 bits per heavy atom. The molecule has 0 spiro atoms. The van der Waals surface area contributed by atoms with Crippen LogP contribution < -0.4 is 11.1 Å². The first-order valence-corrected chi connectivity index (χ1v) is 6.11. The Balaban J connectivity index is 2.74. The lowest BCUT2D eigenvalue weighted by atomic mass is 10.2. The lowest BCUT2D eigenvalue weighted by Crippen LogP contribution is -2.16. The average molecular weight is 286 g/mol. The van der Waals surface area contributed by atoms with Gasteiger partial charge in [0.15, 0.2) is 5.84 Å². The maximum absolute atomic E-state index is 11.6. The molecule has 104 valence electrons. The molecule has 0 aliphatic heterocycles. The second kappa shape index (κ2) is 7.60. The number of nitrogens with one attached hydrogen (secondary N) is 1. The SMILES string of the molecule is CCOCCC(=O)Nc1cc(C(N)=NO)ccc1Cl. The van der Waals surface area contributed by atoms with Crippen LogP contribution in [0.15, 0.2) is 23.4 Å². The molecule has 0 heterocycles. The maximum atomic E-state index is 11.6. The first kappa shape index (κ1) is 15.3. The first-order chi connectivity index (χ1) is 9.08. The van der Waals surface area contributed by atoms with Gasteiger partial charge in [-0.3, -0.25) is 4.79 Å². The summed E-state index contributed by atoms with van der Waals surface area (Å²) >= 11 is 5.96. The van der Waals surface area contributed by atoms with E-state index >= 15 is 0 Å². The molecule has 0 unspecified atom stereocenters. The smallest absolute Gasteiger partial charge is 0.226 e. The molecule has 0 aliphatic carbocycles. The van der Waals surface area contributed by atoms with E-state index in [1.54, 1.807) is 12.1 Å². The number of benzene rings is 1. The lowest BCUT2D eigenvalue weighted by Gasteiger charge is -2.09. The monoisotopic (exact) mass is 285 g/mol. The van der Waals surface area contributed by atoms with Gasteiger partial charge in [0, 0.05) is 12.2 Å². The zero-order valence-electron chi connectivity index (χ0n) is 10.5. The Morgan fingerprint density at radius 2 is 2.32 bits per heavy atom. The van der Waals surface area contributed by atoms with Crippen LogP contribution in [0.1, 0.15) is 18.9 Å². The topological polar surface area (TPSA) is 96.9 Å². The van der Waals surface area contributed by atoms with E-state index in [9.17, 15) is 4.79 Å². The zero-order chi connectivity index (χ0) is 14.3. The number of amidine groups is 1. The average Bonchev–Trinajstić information content (AvgIpc) is 2.40. The van der Waals surface area contributed by atoms with Gasteiger partial charge in [0.25, 0.3) is 0 Å². The second-order valence-corrected chi connectivity index (χ2v) is 4.08. The van der Waals surface area contributed by atoms with Crippen LogP contribution in [0, 0.1) is 0 Å². The van der Waals surface area contributed by atoms with E-state index < -0.39 is 0 Å². The van der Waals surface area contributed by atoms with Gasteiger partial charge in [-0.05, 0) is 25.1 Å². The minimum Gasteiger partial charge on any atom is -0.409 e. The van der Waals surface area contributed by atoms with Crippen LogP contribution >= 0.6 is 11.6 Å². The first-order valence-electron chi connectivity index (χ1n) is 5.73. The van der Waals surface area contributed by atoms with E-state index in [2.05, 4.69) is 10.5 Å². The zero-order valence-corrected chi connectivity index (χ0v) is 11.3. The molecule has 0 radical (unpaired) electrons. The van der Waals surface area contributed by atoms with Crippen LogP contribution in [0.2, 0.25) is 5.02 Å². The molecular formula is C12H16ClN3O3. The highest BCUT2D eigenvalue weighted by Gasteiger charge is 2.08. The second-order valence-electron chi connectivity index (χ2n) is 3.67. The molecule has 7 heteroatoms. The molecule has 0 fully saturated rings. The summed E-state index contributed by atoms with van der Waals surface area (Å²) in [6.07, 6.45) is 0.234. The molecule has 1 aromatic rings. The normalized spacial score (nSPS) is 11.4. The standard InChI is InChI=1S/C12H16ClN3O3/c1-2-19-6-5-11(17)15-10-7-8(12(14)16-18)3-4-9(10)13/h3-4,7,18H,2,5-6H2,1H3,(H2,14,16)(H,15,17). The van der Waals surface area contributed by atoms with Gasteiger partial charge < -0.3 is 21.0 Å². The number of oxime groups is 1. The summed E-state index contributed by atoms with van der Waals surface area (Å²) in [6, 6.07) is 4.69. The third-order valence-corrected chi connectivity index (χ3v) is 2.65. The van der Waals surface area contributed by atoms with Crippen molar-refractivity contribution >= 4 is 29.0 Å². The largest absolute Gasteiger partial charge is 0.409 e. The van der Waals surface area contributed by atoms with E-state index in [-0.39, 0.29) is 18.2 Å². The quantitative estimate of drug-likeness (QED) is 0.244. The molecule has 0 saturated carbocycles. The number of nitrogens with two attached hydrogens (primary N) is 1. The molecule has 0 atom stereocenters. The number of ether oxygens (including phenoxy) is 1. The van der Waals surface area contributed by atoms with Crippen LogP contribution in [0.25, 0.3) is 0 Å². The number of hydrogen-bond acceptors (Lipinski definition) is 4. The van der Waals surface area contributed by atoms with Crippen LogP contribution in [-0.4, -0.2) is 30.2 Å². The highest BCUT2D eigenvalue weighted by atomic mass is 35.5. The molecule has 1 amide bonds. The molecule has 1 rings (SSSR count). The molecule has 6 nitrogen and oxygen atoms in total. The molecule has 4 N–H and O–H groups in total. The van der Waals surface area contributed by atoms with E-state index in [4.69, 9.17) is 27.3 Å². The molecule has 0 aromatic heterocycles. The fourth-order valence-corrected chi connectivity index (χ4v) is 1.52. The van der Waals surface area contributed by atoms with Crippen LogP contribution in [0.5, 0.6) is 0 Å². The van der Waals surface area contributed by atoms with Crippen molar-refractivity contribution in [1.82, 2.24) is 0 Å². The summed E-state index contributed by atoms with van der Waals surface area (Å²) in [5, 5.41) is 14.5. The van der Waals surface area contributed by atoms with Crippen molar-refractivity contribution in [2.24, 2.45) is 10.9 Å².